The monoisotopic (exact) mass is 499 g/mol. The van der Waals surface area contributed by atoms with E-state index in [0.717, 1.165) is 30.1 Å². The quantitative estimate of drug-likeness (QED) is 0.131. The Kier molecular flexibility index (Phi) is 6.90. The second-order valence-electron chi connectivity index (χ2n) is 8.48. The van der Waals surface area contributed by atoms with Crippen molar-refractivity contribution in [3.8, 4) is 11.3 Å². The maximum Gasteiger partial charge on any atom is 0.270 e. The Hall–Kier alpha value is -4.24. The first kappa shape index (κ1) is 23.5. The predicted molar refractivity (Wildman–Crippen MR) is 143 cm³/mol. The zero-order valence-electron chi connectivity index (χ0n) is 19.4. The number of anilines is 1. The van der Waals surface area contributed by atoms with Crippen molar-refractivity contribution >= 4 is 28.7 Å². The Balaban J connectivity index is 1.39. The van der Waals surface area contributed by atoms with Crippen LogP contribution in [0.2, 0.25) is 0 Å². The van der Waals surface area contributed by atoms with Gasteiger partial charge in [-0.25, -0.2) is 0 Å². The van der Waals surface area contributed by atoms with Crippen molar-refractivity contribution < 1.29 is 9.34 Å². The third kappa shape index (κ3) is 5.06. The number of hydrogen-bond donors (Lipinski definition) is 2. The summed E-state index contributed by atoms with van der Waals surface area (Å²) in [5.74, 6) is 1.28. The maximum absolute atomic E-state index is 11.2. The zero-order valence-corrected chi connectivity index (χ0v) is 20.2. The van der Waals surface area contributed by atoms with Crippen molar-refractivity contribution in [1.82, 2.24) is 15.2 Å². The van der Waals surface area contributed by atoms with Gasteiger partial charge in [0.25, 0.3) is 5.69 Å². The van der Waals surface area contributed by atoms with Gasteiger partial charge >= 0.3 is 0 Å². The average Bonchev–Trinajstić information content (AvgIpc) is 3.52. The number of aromatic nitrogens is 1. The van der Waals surface area contributed by atoms with Gasteiger partial charge < -0.3 is 20.0 Å². The van der Waals surface area contributed by atoms with Gasteiger partial charge in [-0.3, -0.25) is 15.1 Å². The Bertz CT molecular complexity index is 1350. The van der Waals surface area contributed by atoms with Crippen LogP contribution in [0.5, 0.6) is 0 Å². The number of pyridine rings is 1. The molecule has 4 aromatic rings. The molecule has 8 nitrogen and oxygen atoms in total. The minimum atomic E-state index is -0.408. The molecule has 0 aliphatic carbocycles. The van der Waals surface area contributed by atoms with Gasteiger partial charge in [0.15, 0.2) is 5.11 Å². The fourth-order valence-corrected chi connectivity index (χ4v) is 4.76. The number of nitrogens with zero attached hydrogens (tertiary/aromatic N) is 3. The lowest BCUT2D eigenvalue weighted by Gasteiger charge is -2.26. The van der Waals surface area contributed by atoms with Crippen LogP contribution in [0.1, 0.15) is 30.0 Å². The second kappa shape index (κ2) is 10.6. The molecule has 0 spiro atoms. The van der Waals surface area contributed by atoms with E-state index in [0.29, 0.717) is 23.0 Å². The third-order valence-electron chi connectivity index (χ3n) is 6.14. The Morgan fingerprint density at radius 3 is 2.67 bits per heavy atom. The Morgan fingerprint density at radius 2 is 1.89 bits per heavy atom. The summed E-state index contributed by atoms with van der Waals surface area (Å²) in [7, 11) is 0. The molecule has 2 atom stereocenters. The number of nitrogens with one attached hydrogen (secondary N) is 2. The summed E-state index contributed by atoms with van der Waals surface area (Å²) in [4.78, 5) is 17.5. The van der Waals surface area contributed by atoms with E-state index in [1.54, 1.807) is 18.3 Å². The molecule has 1 saturated heterocycles. The highest BCUT2D eigenvalue weighted by Gasteiger charge is 2.41. The van der Waals surface area contributed by atoms with Gasteiger partial charge in [0.1, 0.15) is 17.6 Å². The molecule has 3 heterocycles. The molecule has 1 fully saturated rings. The van der Waals surface area contributed by atoms with Gasteiger partial charge in [-0.15, -0.1) is 0 Å². The fourth-order valence-electron chi connectivity index (χ4n) is 4.43. The van der Waals surface area contributed by atoms with E-state index in [9.17, 15) is 10.1 Å². The lowest BCUT2D eigenvalue weighted by Crippen LogP contribution is -2.31. The standard InChI is InChI=1S/C27H25N5O3S/c33-32(34)21-11-6-8-19(18-21)23-13-14-24(35-23)26-25(22-12-4-5-15-29-22)30-27(36)31(26)17-7-16-28-20-9-2-1-3-10-20/h1-6,8-15,18,25-26,28H,7,16-17H2,(H,30,36)/t25-,26+/m1/s1. The second-order valence-corrected chi connectivity index (χ2v) is 8.86. The molecule has 1 aliphatic rings. The number of non-ortho nitro benzene ring substituents is 1. The topological polar surface area (TPSA) is 96.5 Å². The van der Waals surface area contributed by atoms with Crippen LogP contribution < -0.4 is 10.6 Å². The van der Waals surface area contributed by atoms with Crippen molar-refractivity contribution in [3.05, 3.63) is 113 Å². The highest BCUT2D eigenvalue weighted by Crippen LogP contribution is 2.40. The third-order valence-corrected chi connectivity index (χ3v) is 6.49. The summed E-state index contributed by atoms with van der Waals surface area (Å²) in [6.45, 7) is 1.51. The Morgan fingerprint density at radius 1 is 1.06 bits per heavy atom. The van der Waals surface area contributed by atoms with E-state index in [1.165, 1.54) is 12.1 Å². The molecular formula is C27H25N5O3S. The molecule has 9 heteroatoms. The van der Waals surface area contributed by atoms with Crippen molar-refractivity contribution in [2.24, 2.45) is 0 Å². The average molecular weight is 500 g/mol. The first-order chi connectivity index (χ1) is 17.6. The van der Waals surface area contributed by atoms with Crippen LogP contribution >= 0.6 is 12.2 Å². The first-order valence-corrected chi connectivity index (χ1v) is 12.1. The molecule has 0 saturated carbocycles. The molecule has 5 rings (SSSR count). The van der Waals surface area contributed by atoms with E-state index in [1.807, 2.05) is 60.7 Å². The molecule has 36 heavy (non-hydrogen) atoms. The minimum absolute atomic E-state index is 0.0214. The highest BCUT2D eigenvalue weighted by atomic mass is 32.1. The molecule has 2 N–H and O–H groups in total. The highest BCUT2D eigenvalue weighted by molar-refractivity contribution is 7.80. The number of furan rings is 1. The number of para-hydroxylation sites is 1. The normalized spacial score (nSPS) is 17.1. The van der Waals surface area contributed by atoms with Gasteiger partial charge in [-0.2, -0.15) is 0 Å². The van der Waals surface area contributed by atoms with Gasteiger partial charge in [0.2, 0.25) is 0 Å². The number of benzene rings is 2. The van der Waals surface area contributed by atoms with Crippen LogP contribution in [-0.2, 0) is 0 Å². The van der Waals surface area contributed by atoms with Crippen molar-refractivity contribution in [1.29, 1.82) is 0 Å². The number of thiocarbonyl (C=S) groups is 1. The van der Waals surface area contributed by atoms with E-state index in [2.05, 4.69) is 20.5 Å². The summed E-state index contributed by atoms with van der Waals surface area (Å²) in [6.07, 6.45) is 2.63. The summed E-state index contributed by atoms with van der Waals surface area (Å²) in [5.41, 5.74) is 2.61. The molecule has 182 valence electrons. The van der Waals surface area contributed by atoms with Crippen LogP contribution in [0.15, 0.2) is 95.5 Å². The first-order valence-electron chi connectivity index (χ1n) is 11.7. The number of rotatable bonds is 9. The molecule has 0 amide bonds. The SMILES string of the molecule is O=[N+]([O-])c1cccc(-c2ccc([C@H]3[C@@H](c4ccccn4)NC(=S)N3CCCNc3ccccc3)o2)c1. The van der Waals surface area contributed by atoms with Gasteiger partial charge in [-0.1, -0.05) is 36.4 Å². The molecule has 0 unspecified atom stereocenters. The van der Waals surface area contributed by atoms with E-state index in [4.69, 9.17) is 16.6 Å². The summed E-state index contributed by atoms with van der Waals surface area (Å²) >= 11 is 5.73. The summed E-state index contributed by atoms with van der Waals surface area (Å²) < 4.78 is 6.29. The summed E-state index contributed by atoms with van der Waals surface area (Å²) in [5, 5.41) is 18.7. The zero-order chi connectivity index (χ0) is 24.9. The van der Waals surface area contributed by atoms with Crippen molar-refractivity contribution in [2.45, 2.75) is 18.5 Å². The number of nitro groups is 1. The van der Waals surface area contributed by atoms with Gasteiger partial charge in [0, 0.05) is 42.7 Å². The van der Waals surface area contributed by atoms with E-state index < -0.39 is 4.92 Å². The predicted octanol–water partition coefficient (Wildman–Crippen LogP) is 5.72. The molecule has 2 aromatic carbocycles. The molecule has 0 radical (unpaired) electrons. The molecule has 0 bridgehead atoms. The largest absolute Gasteiger partial charge is 0.459 e. The lowest BCUT2D eigenvalue weighted by atomic mass is 10.0. The van der Waals surface area contributed by atoms with Crippen LogP contribution in [-0.4, -0.2) is 33.0 Å². The van der Waals surface area contributed by atoms with Crippen molar-refractivity contribution in [3.63, 3.8) is 0 Å². The fraction of sp³-hybridized carbons (Fsp3) is 0.185. The molecule has 1 aliphatic heterocycles. The smallest absolute Gasteiger partial charge is 0.270 e. The van der Waals surface area contributed by atoms with E-state index in [-0.39, 0.29) is 17.8 Å². The summed E-state index contributed by atoms with van der Waals surface area (Å²) in [6, 6.07) is 25.7. The van der Waals surface area contributed by atoms with Crippen LogP contribution in [0, 0.1) is 10.1 Å². The molecule has 2 aromatic heterocycles. The molecular weight excluding hydrogens is 474 g/mol. The van der Waals surface area contributed by atoms with Crippen LogP contribution in [0.3, 0.4) is 0 Å². The number of hydrogen-bond acceptors (Lipinski definition) is 6. The van der Waals surface area contributed by atoms with Gasteiger partial charge in [0.05, 0.1) is 16.7 Å². The lowest BCUT2D eigenvalue weighted by molar-refractivity contribution is -0.384. The van der Waals surface area contributed by atoms with Crippen molar-refractivity contribution in [2.75, 3.05) is 18.4 Å². The number of nitro benzene ring substituents is 1. The Labute approximate surface area is 214 Å². The van der Waals surface area contributed by atoms with Gasteiger partial charge in [-0.05, 0) is 55.0 Å². The van der Waals surface area contributed by atoms with E-state index >= 15 is 0 Å². The maximum atomic E-state index is 11.2. The van der Waals surface area contributed by atoms with Crippen LogP contribution in [0.25, 0.3) is 11.3 Å². The van der Waals surface area contributed by atoms with Crippen LogP contribution in [0.4, 0.5) is 11.4 Å². The minimum Gasteiger partial charge on any atom is -0.459 e.